The maximum absolute atomic E-state index is 5.86. The van der Waals surface area contributed by atoms with Crippen LogP contribution in [0.3, 0.4) is 0 Å². The molecule has 0 saturated carbocycles. The first kappa shape index (κ1) is 16.7. The third-order valence-corrected chi connectivity index (χ3v) is 4.63. The first-order valence-electron chi connectivity index (χ1n) is 8.44. The zero-order valence-corrected chi connectivity index (χ0v) is 14.4. The molecule has 1 aliphatic rings. The van der Waals surface area contributed by atoms with E-state index < -0.39 is 0 Å². The molecule has 0 atom stereocenters. The summed E-state index contributed by atoms with van der Waals surface area (Å²) in [7, 11) is 0. The van der Waals surface area contributed by atoms with Gasteiger partial charge in [0, 0.05) is 24.9 Å². The van der Waals surface area contributed by atoms with Crippen LogP contribution in [0.4, 0.5) is 0 Å². The van der Waals surface area contributed by atoms with E-state index in [0.29, 0.717) is 13.1 Å². The Morgan fingerprint density at radius 3 is 1.75 bits per heavy atom. The van der Waals surface area contributed by atoms with E-state index in [1.54, 1.807) is 0 Å². The molecule has 0 amide bonds. The quantitative estimate of drug-likeness (QED) is 0.867. The van der Waals surface area contributed by atoms with Crippen molar-refractivity contribution in [1.82, 2.24) is 0 Å². The van der Waals surface area contributed by atoms with Gasteiger partial charge in [-0.05, 0) is 36.1 Å². The monoisotopic (exact) mass is 317 g/mol. The smallest absolute Gasteiger partial charge is 0.0344 e. The minimum Gasteiger partial charge on any atom is -0.326 e. The van der Waals surface area contributed by atoms with E-state index in [0.717, 1.165) is 11.1 Å². The first-order chi connectivity index (χ1) is 11.6. The highest BCUT2D eigenvalue weighted by Crippen LogP contribution is 2.42. The molecule has 2 aromatic carbocycles. The van der Waals surface area contributed by atoms with Crippen LogP contribution in [0.25, 0.3) is 0 Å². The molecule has 0 unspecified atom stereocenters. The number of hydrogen-bond acceptors (Lipinski definition) is 2. The predicted molar refractivity (Wildman–Crippen MR) is 101 cm³/mol. The molecule has 3 rings (SSSR count). The lowest BCUT2D eigenvalue weighted by atomic mass is 9.78. The van der Waals surface area contributed by atoms with Gasteiger partial charge in [0.1, 0.15) is 0 Å². The second-order valence-corrected chi connectivity index (χ2v) is 6.50. The zero-order chi connectivity index (χ0) is 17.1. The van der Waals surface area contributed by atoms with Crippen LogP contribution in [-0.2, 0) is 13.1 Å². The van der Waals surface area contributed by atoms with E-state index in [2.05, 4.69) is 74.5 Å². The third-order valence-electron chi connectivity index (χ3n) is 4.63. The van der Waals surface area contributed by atoms with Crippen LogP contribution in [-0.4, -0.2) is 0 Å². The highest BCUT2D eigenvalue weighted by molar-refractivity contribution is 5.56. The largest absolute Gasteiger partial charge is 0.326 e. The number of nitrogens with two attached hydrogens (primary N) is 2. The van der Waals surface area contributed by atoms with Crippen molar-refractivity contribution in [2.24, 2.45) is 11.5 Å². The summed E-state index contributed by atoms with van der Waals surface area (Å²) < 4.78 is 0. The third kappa shape index (κ3) is 3.35. The molecule has 0 spiro atoms. The van der Waals surface area contributed by atoms with Gasteiger partial charge < -0.3 is 11.5 Å². The molecule has 2 nitrogen and oxygen atoms in total. The Hall–Kier alpha value is -2.16. The van der Waals surface area contributed by atoms with Crippen LogP contribution < -0.4 is 11.5 Å². The van der Waals surface area contributed by atoms with E-state index in [4.69, 9.17) is 11.5 Å². The summed E-state index contributed by atoms with van der Waals surface area (Å²) in [6.07, 6.45) is 4.55. The molecular formula is C22H25N2. The van der Waals surface area contributed by atoms with Crippen LogP contribution in [0.5, 0.6) is 0 Å². The molecule has 0 bridgehead atoms. The van der Waals surface area contributed by atoms with Crippen molar-refractivity contribution in [2.75, 3.05) is 0 Å². The van der Waals surface area contributed by atoms with Crippen LogP contribution in [0.1, 0.15) is 42.0 Å². The topological polar surface area (TPSA) is 52.0 Å². The van der Waals surface area contributed by atoms with Gasteiger partial charge in [0.05, 0.1) is 0 Å². The summed E-state index contributed by atoms with van der Waals surface area (Å²) in [6.45, 7) is 5.46. The molecule has 0 aromatic heterocycles. The maximum atomic E-state index is 5.86. The summed E-state index contributed by atoms with van der Waals surface area (Å²) in [5.74, 6) is 1.56. The minimum atomic E-state index is 0.205. The van der Waals surface area contributed by atoms with Crippen molar-refractivity contribution in [3.05, 3.63) is 100 Å². The second kappa shape index (κ2) is 7.16. The van der Waals surface area contributed by atoms with Crippen molar-refractivity contribution < 1.29 is 0 Å². The SMILES string of the molecule is CC1=C[C](C(c2cccc(CN)c2)c2cccc(CN)c2)C(C)=C1. The summed E-state index contributed by atoms with van der Waals surface area (Å²) in [4.78, 5) is 0. The van der Waals surface area contributed by atoms with Crippen molar-refractivity contribution in [3.8, 4) is 0 Å². The van der Waals surface area contributed by atoms with Crippen molar-refractivity contribution in [2.45, 2.75) is 32.9 Å². The van der Waals surface area contributed by atoms with Crippen LogP contribution in [0.15, 0.2) is 71.8 Å². The average molecular weight is 317 g/mol. The Morgan fingerprint density at radius 1 is 0.792 bits per heavy atom. The number of hydrogen-bond donors (Lipinski definition) is 2. The second-order valence-electron chi connectivity index (χ2n) is 6.50. The van der Waals surface area contributed by atoms with Crippen molar-refractivity contribution >= 4 is 0 Å². The number of rotatable bonds is 5. The molecule has 1 radical (unpaired) electrons. The Balaban J connectivity index is 2.12. The molecule has 0 heterocycles. The lowest BCUT2D eigenvalue weighted by Crippen LogP contribution is -2.12. The fourth-order valence-electron chi connectivity index (χ4n) is 3.49. The van der Waals surface area contributed by atoms with Crippen molar-refractivity contribution in [1.29, 1.82) is 0 Å². The summed E-state index contributed by atoms with van der Waals surface area (Å²) in [5, 5.41) is 0. The van der Waals surface area contributed by atoms with Gasteiger partial charge in [-0.2, -0.15) is 0 Å². The van der Waals surface area contributed by atoms with E-state index in [9.17, 15) is 0 Å². The highest BCUT2D eigenvalue weighted by Gasteiger charge is 2.28. The fraction of sp³-hybridized carbons (Fsp3) is 0.227. The van der Waals surface area contributed by atoms with E-state index in [1.165, 1.54) is 28.2 Å². The Morgan fingerprint density at radius 2 is 1.33 bits per heavy atom. The Labute approximate surface area is 144 Å². The average Bonchev–Trinajstić information content (AvgIpc) is 2.93. The predicted octanol–water partition coefficient (Wildman–Crippen LogP) is 4.22. The Kier molecular flexibility index (Phi) is 4.98. The molecule has 2 aromatic rings. The van der Waals surface area contributed by atoms with E-state index in [1.807, 2.05) is 0 Å². The minimum absolute atomic E-state index is 0.205. The highest BCUT2D eigenvalue weighted by atomic mass is 14.5. The summed E-state index contributed by atoms with van der Waals surface area (Å²) in [6, 6.07) is 17.2. The lowest BCUT2D eigenvalue weighted by molar-refractivity contribution is 0.872. The Bertz CT molecular complexity index is 739. The molecule has 0 saturated heterocycles. The molecule has 123 valence electrons. The van der Waals surface area contributed by atoms with Gasteiger partial charge in [-0.15, -0.1) is 0 Å². The molecule has 0 fully saturated rings. The molecular weight excluding hydrogens is 292 g/mol. The van der Waals surface area contributed by atoms with Crippen LogP contribution >= 0.6 is 0 Å². The molecule has 2 heteroatoms. The molecule has 0 aliphatic heterocycles. The first-order valence-corrected chi connectivity index (χ1v) is 8.44. The van der Waals surface area contributed by atoms with Gasteiger partial charge >= 0.3 is 0 Å². The standard InChI is InChI=1S/C22H25N2/c1-15-9-16(2)21(10-15)22(19-7-3-5-17(11-19)13-23)20-8-4-6-18(12-20)14-24/h3-12,22H,13-14,23-24H2,1-2H3. The fourth-order valence-corrected chi connectivity index (χ4v) is 3.49. The molecule has 1 aliphatic carbocycles. The number of benzene rings is 2. The van der Waals surface area contributed by atoms with Crippen LogP contribution in [0, 0.1) is 5.92 Å². The maximum Gasteiger partial charge on any atom is 0.0344 e. The van der Waals surface area contributed by atoms with Crippen LogP contribution in [0.2, 0.25) is 0 Å². The zero-order valence-electron chi connectivity index (χ0n) is 14.4. The van der Waals surface area contributed by atoms with E-state index in [-0.39, 0.29) is 5.92 Å². The summed E-state index contributed by atoms with van der Waals surface area (Å²) in [5.41, 5.74) is 19.2. The van der Waals surface area contributed by atoms with Gasteiger partial charge in [-0.1, -0.05) is 71.8 Å². The van der Waals surface area contributed by atoms with Gasteiger partial charge in [-0.25, -0.2) is 0 Å². The van der Waals surface area contributed by atoms with Gasteiger partial charge in [-0.3, -0.25) is 0 Å². The lowest BCUT2D eigenvalue weighted by Gasteiger charge is -2.25. The van der Waals surface area contributed by atoms with E-state index >= 15 is 0 Å². The van der Waals surface area contributed by atoms with Crippen molar-refractivity contribution in [3.63, 3.8) is 0 Å². The molecule has 4 N–H and O–H groups in total. The van der Waals surface area contributed by atoms with Gasteiger partial charge in [0.2, 0.25) is 0 Å². The normalized spacial score (nSPS) is 14.9. The summed E-state index contributed by atoms with van der Waals surface area (Å²) >= 11 is 0. The molecule has 24 heavy (non-hydrogen) atoms. The van der Waals surface area contributed by atoms with Gasteiger partial charge in [0.25, 0.3) is 0 Å². The van der Waals surface area contributed by atoms with Gasteiger partial charge in [0.15, 0.2) is 0 Å². The number of allylic oxidation sites excluding steroid dienone is 4.